The average Bonchev–Trinajstić information content (AvgIpc) is 2.80. The van der Waals surface area contributed by atoms with Gasteiger partial charge in [0.2, 0.25) is 0 Å². The molecule has 1 aliphatic heterocycles. The lowest BCUT2D eigenvalue weighted by Crippen LogP contribution is -2.16. The molecule has 0 unspecified atom stereocenters. The van der Waals surface area contributed by atoms with Crippen molar-refractivity contribution in [2.45, 2.75) is 26.8 Å². The molecule has 1 aromatic heterocycles. The minimum absolute atomic E-state index is 0.102. The van der Waals surface area contributed by atoms with Crippen LogP contribution in [-0.4, -0.2) is 20.6 Å². The van der Waals surface area contributed by atoms with Gasteiger partial charge in [-0.15, -0.1) is 0 Å². The molecule has 3 aromatic rings. The number of para-hydroxylation sites is 2. The number of aromatic nitrogens is 3. The lowest BCUT2D eigenvalue weighted by Gasteiger charge is -2.20. The number of hydrogen-bond donors (Lipinski definition) is 1. The van der Waals surface area contributed by atoms with Crippen molar-refractivity contribution >= 4 is 22.4 Å². The van der Waals surface area contributed by atoms with Gasteiger partial charge in [-0.3, -0.25) is 9.98 Å². The third kappa shape index (κ3) is 4.07. The molecule has 2 aliphatic rings. The first-order valence-corrected chi connectivity index (χ1v) is 10.9. The Morgan fingerprint density at radius 1 is 0.939 bits per heavy atom. The molecule has 2 aromatic carbocycles. The molecule has 1 aliphatic carbocycles. The van der Waals surface area contributed by atoms with E-state index in [-0.39, 0.29) is 11.9 Å². The molecule has 33 heavy (non-hydrogen) atoms. The topological polar surface area (TPSA) is 55.1 Å². The maximum atomic E-state index is 13.7. The van der Waals surface area contributed by atoms with E-state index in [4.69, 9.17) is 9.98 Å². The summed E-state index contributed by atoms with van der Waals surface area (Å²) in [6.45, 7) is 6.07. The van der Waals surface area contributed by atoms with Crippen molar-refractivity contribution in [2.75, 3.05) is 5.32 Å². The van der Waals surface area contributed by atoms with E-state index in [2.05, 4.69) is 28.7 Å². The number of rotatable bonds is 4. The fourth-order valence-electron chi connectivity index (χ4n) is 3.96. The Morgan fingerprint density at radius 2 is 1.73 bits per heavy atom. The van der Waals surface area contributed by atoms with Crippen molar-refractivity contribution in [3.8, 4) is 17.1 Å². The van der Waals surface area contributed by atoms with Crippen molar-refractivity contribution < 1.29 is 4.39 Å². The number of nitrogens with zero attached hydrogens (tertiary/aromatic N) is 4. The Labute approximate surface area is 191 Å². The smallest absolute Gasteiger partial charge is 0.123 e. The lowest BCUT2D eigenvalue weighted by atomic mass is 10.1. The zero-order valence-corrected chi connectivity index (χ0v) is 18.7. The van der Waals surface area contributed by atoms with Crippen LogP contribution in [0.15, 0.2) is 84.0 Å². The summed E-state index contributed by atoms with van der Waals surface area (Å²) in [6.07, 6.45) is 1.78. The maximum absolute atomic E-state index is 13.7. The highest BCUT2D eigenvalue weighted by atomic mass is 19.1. The number of halogens is 1. The summed E-state index contributed by atoms with van der Waals surface area (Å²) >= 11 is 0. The van der Waals surface area contributed by atoms with Gasteiger partial charge in [-0.1, -0.05) is 12.1 Å². The van der Waals surface area contributed by atoms with E-state index in [1.165, 1.54) is 12.1 Å². The molecule has 0 spiro atoms. The van der Waals surface area contributed by atoms with E-state index in [0.29, 0.717) is 0 Å². The van der Waals surface area contributed by atoms with Crippen molar-refractivity contribution in [1.29, 1.82) is 0 Å². The summed E-state index contributed by atoms with van der Waals surface area (Å²) in [5.41, 5.74) is 7.05. The summed E-state index contributed by atoms with van der Waals surface area (Å²) in [5.74, 6) is -0.268. The second kappa shape index (κ2) is 8.47. The average molecular weight is 438 g/mol. The molecule has 0 amide bonds. The number of nitrogens with one attached hydrogen (secondary N) is 1. The maximum Gasteiger partial charge on any atom is 0.123 e. The second-order valence-corrected chi connectivity index (χ2v) is 8.25. The molecule has 0 atom stereocenters. The van der Waals surface area contributed by atoms with Gasteiger partial charge >= 0.3 is 0 Å². The van der Waals surface area contributed by atoms with Gasteiger partial charge in [0.15, 0.2) is 0 Å². The molecular weight excluding hydrogens is 413 g/mol. The first kappa shape index (κ1) is 20.8. The Morgan fingerprint density at radius 3 is 2.48 bits per heavy atom. The standard InChI is InChI=1S/C27H24FN5/c1-17(2)30-24-16-27-25(15-23(24)31-21-8-6-14-29-18(21)3)32-22-7-4-5-9-26(22)33(27)20-12-10-19(28)11-13-20/h4-17,31H,1-3H3/b30-24+. The summed E-state index contributed by atoms with van der Waals surface area (Å²) in [4.78, 5) is 14.2. The van der Waals surface area contributed by atoms with Crippen LogP contribution in [0.2, 0.25) is 0 Å². The van der Waals surface area contributed by atoms with Gasteiger partial charge < -0.3 is 9.88 Å². The number of aryl methyl sites for hydroxylation is 1. The Hall–Kier alpha value is -4.06. The molecule has 0 saturated carbocycles. The fourth-order valence-corrected chi connectivity index (χ4v) is 3.96. The Balaban J connectivity index is 1.83. The minimum Gasteiger partial charge on any atom is -0.352 e. The van der Waals surface area contributed by atoms with Crippen LogP contribution < -0.4 is 10.7 Å². The minimum atomic E-state index is -0.268. The van der Waals surface area contributed by atoms with E-state index >= 15 is 0 Å². The quantitative estimate of drug-likeness (QED) is 0.350. The predicted octanol–water partition coefficient (Wildman–Crippen LogP) is 6.03. The van der Waals surface area contributed by atoms with Crippen molar-refractivity contribution in [1.82, 2.24) is 14.5 Å². The second-order valence-electron chi connectivity index (χ2n) is 8.25. The number of hydrogen-bond acceptors (Lipinski definition) is 4. The SMILES string of the molecule is Cc1ncccc1Nc1cc2nc3ccccc3n(-c3ccc(F)cc3)c-2c/c1=N\C(C)C. The summed E-state index contributed by atoms with van der Waals surface area (Å²) in [5, 5.41) is 4.33. The van der Waals surface area contributed by atoms with E-state index in [9.17, 15) is 4.39 Å². The molecular formula is C27H24FN5. The van der Waals surface area contributed by atoms with Crippen molar-refractivity contribution in [2.24, 2.45) is 4.99 Å². The van der Waals surface area contributed by atoms with Crippen LogP contribution in [0.3, 0.4) is 0 Å². The van der Waals surface area contributed by atoms with Gasteiger partial charge in [-0.25, -0.2) is 9.37 Å². The normalized spacial score (nSPS) is 12.1. The van der Waals surface area contributed by atoms with Crippen LogP contribution in [0, 0.1) is 12.7 Å². The molecule has 6 heteroatoms. The molecule has 0 fully saturated rings. The molecule has 0 radical (unpaired) electrons. The van der Waals surface area contributed by atoms with Crippen LogP contribution in [0.4, 0.5) is 15.8 Å². The number of benzene rings is 3. The highest BCUT2D eigenvalue weighted by Crippen LogP contribution is 2.30. The van der Waals surface area contributed by atoms with Gasteiger partial charge in [0.05, 0.1) is 44.8 Å². The van der Waals surface area contributed by atoms with Gasteiger partial charge in [-0.05, 0) is 81.4 Å². The third-order valence-electron chi connectivity index (χ3n) is 5.46. The summed E-state index contributed by atoms with van der Waals surface area (Å²) in [6, 6.07) is 22.6. The molecule has 0 saturated heterocycles. The van der Waals surface area contributed by atoms with E-state index < -0.39 is 0 Å². The van der Waals surface area contributed by atoms with Crippen LogP contribution in [0.5, 0.6) is 0 Å². The van der Waals surface area contributed by atoms with E-state index in [1.54, 1.807) is 18.3 Å². The van der Waals surface area contributed by atoms with Crippen LogP contribution in [-0.2, 0) is 0 Å². The van der Waals surface area contributed by atoms with Crippen molar-refractivity contribution in [3.05, 3.63) is 95.9 Å². The number of fused-ring (bicyclic) bond motifs is 2. The molecule has 0 bridgehead atoms. The van der Waals surface area contributed by atoms with Crippen LogP contribution in [0.25, 0.3) is 28.1 Å². The summed E-state index contributed by atoms with van der Waals surface area (Å²) in [7, 11) is 0. The monoisotopic (exact) mass is 437 g/mol. The first-order valence-electron chi connectivity index (χ1n) is 10.9. The molecule has 5 nitrogen and oxygen atoms in total. The highest BCUT2D eigenvalue weighted by Gasteiger charge is 2.17. The first-order chi connectivity index (χ1) is 16.0. The Bertz CT molecular complexity index is 1490. The Kier molecular flexibility index (Phi) is 5.34. The van der Waals surface area contributed by atoms with Gasteiger partial charge in [-0.2, -0.15) is 0 Å². The molecule has 2 heterocycles. The zero-order valence-electron chi connectivity index (χ0n) is 18.7. The van der Waals surface area contributed by atoms with Crippen molar-refractivity contribution in [3.63, 3.8) is 0 Å². The zero-order chi connectivity index (χ0) is 22.9. The highest BCUT2D eigenvalue weighted by molar-refractivity contribution is 5.84. The molecule has 164 valence electrons. The predicted molar refractivity (Wildman–Crippen MR) is 131 cm³/mol. The molecule has 5 rings (SSSR count). The molecule has 1 N–H and O–H groups in total. The van der Waals surface area contributed by atoms with Gasteiger partial charge in [0.25, 0.3) is 0 Å². The van der Waals surface area contributed by atoms with E-state index in [1.807, 2.05) is 55.5 Å². The van der Waals surface area contributed by atoms with Gasteiger partial charge in [0.1, 0.15) is 5.82 Å². The number of pyridine rings is 1. The van der Waals surface area contributed by atoms with Gasteiger partial charge in [0, 0.05) is 17.9 Å². The third-order valence-corrected chi connectivity index (χ3v) is 5.46. The van der Waals surface area contributed by atoms with Crippen LogP contribution in [0.1, 0.15) is 19.5 Å². The van der Waals surface area contributed by atoms with Crippen LogP contribution >= 0.6 is 0 Å². The van der Waals surface area contributed by atoms with E-state index in [0.717, 1.165) is 50.5 Å². The lowest BCUT2D eigenvalue weighted by molar-refractivity contribution is 0.627. The fraction of sp³-hybridized carbons (Fsp3) is 0.148. The number of anilines is 2. The summed E-state index contributed by atoms with van der Waals surface area (Å²) < 4.78 is 15.8. The largest absolute Gasteiger partial charge is 0.352 e.